The van der Waals surface area contributed by atoms with Crippen LogP contribution in [0.2, 0.25) is 0 Å². The van der Waals surface area contributed by atoms with E-state index >= 15 is 0 Å². The minimum Gasteiger partial charge on any atom is -0.319 e. The van der Waals surface area contributed by atoms with Crippen molar-refractivity contribution in [2.45, 2.75) is 46.1 Å². The summed E-state index contributed by atoms with van der Waals surface area (Å²) >= 11 is 0. The maximum atomic E-state index is 12.6. The molecule has 3 aromatic heterocycles. The lowest BCUT2D eigenvalue weighted by atomic mass is 10.2. The van der Waals surface area contributed by atoms with Gasteiger partial charge in [0, 0.05) is 35.6 Å². The number of rotatable bonds is 3. The zero-order valence-electron chi connectivity index (χ0n) is 17.0. The molecule has 0 saturated carbocycles. The molecule has 30 heavy (non-hydrogen) atoms. The molecule has 1 N–H and O–H groups in total. The Balaban J connectivity index is 1.36. The number of amides is 1. The van der Waals surface area contributed by atoms with E-state index in [2.05, 4.69) is 35.1 Å². The van der Waals surface area contributed by atoms with Crippen molar-refractivity contribution in [2.24, 2.45) is 0 Å². The van der Waals surface area contributed by atoms with Gasteiger partial charge in [-0.1, -0.05) is 6.42 Å². The lowest BCUT2D eigenvalue weighted by Gasteiger charge is -2.08. The van der Waals surface area contributed by atoms with Crippen molar-refractivity contribution < 1.29 is 4.79 Å². The standard InChI is InChI=1S/C21H22N8O/c1-13-12-14(2)29-21(22-13)24-18(27-29)20(30)23-16-9-7-15(8-10-16)19-26-25-17-6-4-3-5-11-28(17)19/h7-10,12H,3-6,11H2,1-2H3,(H,23,30). The molecule has 9 heteroatoms. The van der Waals surface area contributed by atoms with E-state index < -0.39 is 0 Å². The van der Waals surface area contributed by atoms with Crippen LogP contribution in [0.15, 0.2) is 30.3 Å². The first-order chi connectivity index (χ1) is 14.6. The van der Waals surface area contributed by atoms with Gasteiger partial charge in [0.25, 0.3) is 11.7 Å². The van der Waals surface area contributed by atoms with Crippen LogP contribution in [0.25, 0.3) is 17.2 Å². The van der Waals surface area contributed by atoms with Crippen LogP contribution in [0.4, 0.5) is 5.69 Å². The third kappa shape index (κ3) is 3.32. The van der Waals surface area contributed by atoms with Crippen LogP contribution in [0.5, 0.6) is 0 Å². The van der Waals surface area contributed by atoms with Crippen LogP contribution >= 0.6 is 0 Å². The predicted octanol–water partition coefficient (Wildman–Crippen LogP) is 2.98. The van der Waals surface area contributed by atoms with Gasteiger partial charge in [0.15, 0.2) is 5.82 Å². The van der Waals surface area contributed by atoms with Crippen LogP contribution in [0, 0.1) is 13.8 Å². The molecule has 9 nitrogen and oxygen atoms in total. The summed E-state index contributed by atoms with van der Waals surface area (Å²) in [5, 5.41) is 15.9. The van der Waals surface area contributed by atoms with E-state index in [0.29, 0.717) is 11.5 Å². The van der Waals surface area contributed by atoms with Crippen LogP contribution in [0.3, 0.4) is 0 Å². The molecule has 0 saturated heterocycles. The number of fused-ring (bicyclic) bond motifs is 2. The van der Waals surface area contributed by atoms with E-state index in [1.54, 1.807) is 4.52 Å². The highest BCUT2D eigenvalue weighted by Gasteiger charge is 2.17. The Morgan fingerprint density at radius 2 is 1.87 bits per heavy atom. The Morgan fingerprint density at radius 1 is 1.03 bits per heavy atom. The van der Waals surface area contributed by atoms with E-state index in [-0.39, 0.29) is 11.7 Å². The van der Waals surface area contributed by atoms with Crippen LogP contribution < -0.4 is 5.32 Å². The normalized spacial score (nSPS) is 13.8. The van der Waals surface area contributed by atoms with Crippen molar-refractivity contribution in [1.29, 1.82) is 0 Å². The highest BCUT2D eigenvalue weighted by atomic mass is 16.2. The Bertz CT molecular complexity index is 1240. The topological polar surface area (TPSA) is 103 Å². The average molecular weight is 402 g/mol. The molecular weight excluding hydrogens is 380 g/mol. The van der Waals surface area contributed by atoms with Gasteiger partial charge in [-0.25, -0.2) is 9.50 Å². The number of benzene rings is 1. The van der Waals surface area contributed by atoms with Gasteiger partial charge >= 0.3 is 0 Å². The summed E-state index contributed by atoms with van der Waals surface area (Å²) in [5.74, 6) is 2.06. The highest BCUT2D eigenvalue weighted by Crippen LogP contribution is 2.24. The highest BCUT2D eigenvalue weighted by molar-refractivity contribution is 6.01. The largest absolute Gasteiger partial charge is 0.319 e. The number of hydrogen-bond donors (Lipinski definition) is 1. The molecule has 1 aliphatic heterocycles. The van der Waals surface area contributed by atoms with Crippen LogP contribution in [-0.4, -0.2) is 40.3 Å². The number of carbonyl (C=O) groups excluding carboxylic acids is 1. The number of aromatic nitrogens is 7. The second-order valence-corrected chi connectivity index (χ2v) is 7.62. The summed E-state index contributed by atoms with van der Waals surface area (Å²) in [7, 11) is 0. The second-order valence-electron chi connectivity index (χ2n) is 7.62. The summed E-state index contributed by atoms with van der Waals surface area (Å²) < 4.78 is 3.78. The van der Waals surface area contributed by atoms with Gasteiger partial charge in [0.2, 0.25) is 5.82 Å². The molecule has 0 fully saturated rings. The molecule has 0 bridgehead atoms. The van der Waals surface area contributed by atoms with Crippen molar-refractivity contribution in [1.82, 2.24) is 34.3 Å². The smallest absolute Gasteiger partial charge is 0.295 e. The molecule has 0 spiro atoms. The van der Waals surface area contributed by atoms with Gasteiger partial charge in [-0.15, -0.1) is 15.3 Å². The first-order valence-corrected chi connectivity index (χ1v) is 10.1. The summed E-state index contributed by atoms with van der Waals surface area (Å²) in [4.78, 5) is 21.2. The van der Waals surface area contributed by atoms with Crippen LogP contribution in [0.1, 0.15) is 47.1 Å². The van der Waals surface area contributed by atoms with Gasteiger partial charge in [0.1, 0.15) is 5.82 Å². The quantitative estimate of drug-likeness (QED) is 0.565. The first-order valence-electron chi connectivity index (χ1n) is 10.1. The summed E-state index contributed by atoms with van der Waals surface area (Å²) in [5.41, 5.74) is 3.36. The summed E-state index contributed by atoms with van der Waals surface area (Å²) in [6.45, 7) is 4.74. The second kappa shape index (κ2) is 7.33. The molecule has 0 aliphatic carbocycles. The van der Waals surface area contributed by atoms with E-state index in [1.165, 1.54) is 6.42 Å². The van der Waals surface area contributed by atoms with Crippen molar-refractivity contribution in [3.05, 3.63) is 53.4 Å². The Hall–Kier alpha value is -3.62. The SMILES string of the molecule is Cc1cc(C)n2nc(C(=O)Nc3ccc(-c4nnc5n4CCCCC5)cc3)nc2n1. The van der Waals surface area contributed by atoms with Crippen molar-refractivity contribution in [3.63, 3.8) is 0 Å². The van der Waals surface area contributed by atoms with Gasteiger partial charge in [-0.2, -0.15) is 4.98 Å². The maximum absolute atomic E-state index is 12.6. The van der Waals surface area contributed by atoms with Crippen molar-refractivity contribution in [3.8, 4) is 11.4 Å². The summed E-state index contributed by atoms with van der Waals surface area (Å²) in [6, 6.07) is 9.51. The zero-order chi connectivity index (χ0) is 20.7. The lowest BCUT2D eigenvalue weighted by molar-refractivity contribution is 0.101. The van der Waals surface area contributed by atoms with E-state index in [1.807, 2.05) is 44.2 Å². The fourth-order valence-electron chi connectivity index (χ4n) is 3.85. The molecule has 4 aromatic rings. The fraction of sp³-hybridized carbons (Fsp3) is 0.333. The molecule has 0 atom stereocenters. The maximum Gasteiger partial charge on any atom is 0.295 e. The van der Waals surface area contributed by atoms with Gasteiger partial charge in [-0.05, 0) is 57.0 Å². The Morgan fingerprint density at radius 3 is 2.70 bits per heavy atom. The van der Waals surface area contributed by atoms with E-state index in [0.717, 1.165) is 54.4 Å². The molecule has 1 amide bonds. The number of carbonyl (C=O) groups is 1. The fourth-order valence-corrected chi connectivity index (χ4v) is 3.85. The number of nitrogens with zero attached hydrogens (tertiary/aromatic N) is 7. The molecule has 5 rings (SSSR count). The number of nitrogens with one attached hydrogen (secondary N) is 1. The van der Waals surface area contributed by atoms with Crippen molar-refractivity contribution >= 4 is 17.4 Å². The van der Waals surface area contributed by atoms with E-state index in [9.17, 15) is 4.79 Å². The first kappa shape index (κ1) is 18.4. The molecule has 1 aromatic carbocycles. The third-order valence-corrected chi connectivity index (χ3v) is 5.33. The van der Waals surface area contributed by atoms with Gasteiger partial charge in [0.05, 0.1) is 0 Å². The van der Waals surface area contributed by atoms with Crippen LogP contribution in [-0.2, 0) is 13.0 Å². The molecule has 1 aliphatic rings. The minimum atomic E-state index is -0.373. The average Bonchev–Trinajstić information content (AvgIpc) is 3.26. The molecule has 152 valence electrons. The zero-order valence-corrected chi connectivity index (χ0v) is 17.0. The number of hydrogen-bond acceptors (Lipinski definition) is 6. The Kier molecular flexibility index (Phi) is 4.50. The van der Waals surface area contributed by atoms with Crippen molar-refractivity contribution in [2.75, 3.05) is 5.32 Å². The molecular formula is C21H22N8O. The van der Waals surface area contributed by atoms with E-state index in [4.69, 9.17) is 0 Å². The molecule has 4 heterocycles. The number of anilines is 1. The third-order valence-electron chi connectivity index (χ3n) is 5.33. The molecule has 0 radical (unpaired) electrons. The van der Waals surface area contributed by atoms with Gasteiger partial charge in [-0.3, -0.25) is 4.79 Å². The Labute approximate surface area is 173 Å². The monoisotopic (exact) mass is 402 g/mol. The summed E-state index contributed by atoms with van der Waals surface area (Å²) in [6.07, 6.45) is 4.50. The minimum absolute atomic E-state index is 0.0862. The van der Waals surface area contributed by atoms with Gasteiger partial charge < -0.3 is 9.88 Å². The lowest BCUT2D eigenvalue weighted by Crippen LogP contribution is -2.14. The molecule has 0 unspecified atom stereocenters. The number of aryl methyl sites for hydroxylation is 3. The predicted molar refractivity (Wildman–Crippen MR) is 111 cm³/mol.